The van der Waals surface area contributed by atoms with Crippen molar-refractivity contribution in [2.24, 2.45) is 5.10 Å². The van der Waals surface area contributed by atoms with Gasteiger partial charge in [-0.25, -0.2) is 0 Å². The Morgan fingerprint density at radius 3 is 3.04 bits per heavy atom. The molecular formula is C16H23N3O3S. The number of benzene rings is 1. The van der Waals surface area contributed by atoms with E-state index in [1.807, 2.05) is 25.1 Å². The van der Waals surface area contributed by atoms with Crippen LogP contribution in [0.3, 0.4) is 0 Å². The molecule has 23 heavy (non-hydrogen) atoms. The van der Waals surface area contributed by atoms with E-state index in [9.17, 15) is 0 Å². The lowest BCUT2D eigenvalue weighted by molar-refractivity contribution is 0.114. The lowest BCUT2D eigenvalue weighted by Gasteiger charge is -2.12. The van der Waals surface area contributed by atoms with Gasteiger partial charge in [-0.15, -0.1) is 0 Å². The van der Waals surface area contributed by atoms with Crippen molar-refractivity contribution in [3.05, 3.63) is 23.8 Å². The highest BCUT2D eigenvalue weighted by molar-refractivity contribution is 7.80. The maximum absolute atomic E-state index is 5.53. The molecule has 0 unspecified atom stereocenters. The Hall–Kier alpha value is -1.86. The van der Waals surface area contributed by atoms with E-state index >= 15 is 0 Å². The standard InChI is InChI=1S/C16H23N3O3S/c1-3-21-15-9-12(6-7-14(15)20-2)10-18-19-16(23)17-11-13-5-4-8-22-13/h6-7,9-10,13H,3-5,8,11H2,1-2H3,(H2,17,19,23)/b18-10-/t13-/m1/s1. The summed E-state index contributed by atoms with van der Waals surface area (Å²) in [4.78, 5) is 0. The molecule has 6 nitrogen and oxygen atoms in total. The van der Waals surface area contributed by atoms with Crippen LogP contribution in [0, 0.1) is 0 Å². The van der Waals surface area contributed by atoms with Gasteiger partial charge in [-0.05, 0) is 55.7 Å². The van der Waals surface area contributed by atoms with E-state index in [4.69, 9.17) is 26.4 Å². The van der Waals surface area contributed by atoms with Crippen molar-refractivity contribution in [2.75, 3.05) is 26.9 Å². The molecule has 0 aliphatic carbocycles. The zero-order valence-electron chi connectivity index (χ0n) is 13.5. The predicted octanol–water partition coefficient (Wildman–Crippen LogP) is 2.07. The molecule has 0 radical (unpaired) electrons. The molecule has 2 N–H and O–H groups in total. The molecule has 126 valence electrons. The molecule has 1 aliphatic rings. The van der Waals surface area contributed by atoms with Gasteiger partial charge in [-0.3, -0.25) is 5.43 Å². The number of ether oxygens (including phenoxy) is 3. The van der Waals surface area contributed by atoms with Crippen LogP contribution >= 0.6 is 12.2 Å². The third kappa shape index (κ3) is 5.69. The van der Waals surface area contributed by atoms with Crippen molar-refractivity contribution >= 4 is 23.5 Å². The minimum absolute atomic E-state index is 0.245. The number of thiocarbonyl (C=S) groups is 1. The summed E-state index contributed by atoms with van der Waals surface area (Å²) >= 11 is 5.17. The highest BCUT2D eigenvalue weighted by Crippen LogP contribution is 2.27. The smallest absolute Gasteiger partial charge is 0.187 e. The van der Waals surface area contributed by atoms with E-state index in [-0.39, 0.29) is 6.10 Å². The number of nitrogens with one attached hydrogen (secondary N) is 2. The average molecular weight is 337 g/mol. The van der Waals surface area contributed by atoms with Crippen molar-refractivity contribution in [1.29, 1.82) is 0 Å². The quantitative estimate of drug-likeness (QED) is 0.451. The molecule has 0 aromatic heterocycles. The van der Waals surface area contributed by atoms with E-state index in [1.54, 1.807) is 13.3 Å². The monoisotopic (exact) mass is 337 g/mol. The molecule has 2 rings (SSSR count). The Kier molecular flexibility index (Phi) is 7.09. The van der Waals surface area contributed by atoms with E-state index in [0.29, 0.717) is 29.8 Å². The molecule has 1 heterocycles. The first-order valence-corrected chi connectivity index (χ1v) is 8.13. The summed E-state index contributed by atoms with van der Waals surface area (Å²) in [7, 11) is 1.62. The van der Waals surface area contributed by atoms with Crippen LogP contribution in [0.15, 0.2) is 23.3 Å². The number of methoxy groups -OCH3 is 1. The molecule has 1 aromatic carbocycles. The zero-order valence-corrected chi connectivity index (χ0v) is 14.3. The van der Waals surface area contributed by atoms with Gasteiger partial charge < -0.3 is 19.5 Å². The van der Waals surface area contributed by atoms with Crippen LogP contribution in [-0.2, 0) is 4.74 Å². The largest absolute Gasteiger partial charge is 0.493 e. The Morgan fingerprint density at radius 2 is 2.35 bits per heavy atom. The summed E-state index contributed by atoms with van der Waals surface area (Å²) < 4.78 is 16.3. The summed E-state index contributed by atoms with van der Waals surface area (Å²) in [6, 6.07) is 5.62. The highest BCUT2D eigenvalue weighted by Gasteiger charge is 2.14. The first kappa shape index (κ1) is 17.5. The number of rotatable bonds is 7. The van der Waals surface area contributed by atoms with Gasteiger partial charge in [0.05, 0.1) is 26.0 Å². The second kappa shape index (κ2) is 9.32. The third-order valence-corrected chi connectivity index (χ3v) is 3.62. The Balaban J connectivity index is 1.82. The van der Waals surface area contributed by atoms with Crippen LogP contribution in [-0.4, -0.2) is 44.3 Å². The Morgan fingerprint density at radius 1 is 1.48 bits per heavy atom. The molecule has 1 saturated heterocycles. The van der Waals surface area contributed by atoms with Gasteiger partial charge in [0.1, 0.15) is 0 Å². The number of nitrogens with zero attached hydrogens (tertiary/aromatic N) is 1. The first-order chi connectivity index (χ1) is 11.2. The topological polar surface area (TPSA) is 64.1 Å². The van der Waals surface area contributed by atoms with Gasteiger partial charge in [-0.1, -0.05) is 0 Å². The molecule has 0 amide bonds. The first-order valence-electron chi connectivity index (χ1n) is 7.72. The van der Waals surface area contributed by atoms with Gasteiger partial charge in [0.2, 0.25) is 0 Å². The molecule has 7 heteroatoms. The van der Waals surface area contributed by atoms with Crippen molar-refractivity contribution in [3.8, 4) is 11.5 Å². The van der Waals surface area contributed by atoms with Crippen LogP contribution in [0.25, 0.3) is 0 Å². The molecule has 1 atom stereocenters. The number of hydrogen-bond acceptors (Lipinski definition) is 5. The van der Waals surface area contributed by atoms with E-state index in [2.05, 4.69) is 15.8 Å². The summed E-state index contributed by atoms with van der Waals surface area (Å²) in [5.41, 5.74) is 3.69. The number of hydrogen-bond donors (Lipinski definition) is 2. The minimum Gasteiger partial charge on any atom is -0.493 e. The van der Waals surface area contributed by atoms with Gasteiger partial charge in [-0.2, -0.15) is 5.10 Å². The average Bonchev–Trinajstić information content (AvgIpc) is 3.07. The van der Waals surface area contributed by atoms with Crippen molar-refractivity contribution < 1.29 is 14.2 Å². The zero-order chi connectivity index (χ0) is 16.5. The fourth-order valence-corrected chi connectivity index (χ4v) is 2.39. The van der Waals surface area contributed by atoms with Crippen LogP contribution < -0.4 is 20.2 Å². The SMILES string of the molecule is CCOc1cc(/C=N\NC(=S)NC[C@H]2CCCO2)ccc1OC. The molecular weight excluding hydrogens is 314 g/mol. The second-order valence-electron chi connectivity index (χ2n) is 5.06. The van der Waals surface area contributed by atoms with Crippen LogP contribution in [0.4, 0.5) is 0 Å². The van der Waals surface area contributed by atoms with Crippen LogP contribution in [0.5, 0.6) is 11.5 Å². The highest BCUT2D eigenvalue weighted by atomic mass is 32.1. The van der Waals surface area contributed by atoms with Gasteiger partial charge in [0.15, 0.2) is 16.6 Å². The molecule has 0 bridgehead atoms. The van der Waals surface area contributed by atoms with Gasteiger partial charge in [0.25, 0.3) is 0 Å². The fraction of sp³-hybridized carbons (Fsp3) is 0.500. The molecule has 1 fully saturated rings. The lowest BCUT2D eigenvalue weighted by Crippen LogP contribution is -2.37. The Bertz CT molecular complexity index is 545. The van der Waals surface area contributed by atoms with Crippen LogP contribution in [0.2, 0.25) is 0 Å². The predicted molar refractivity (Wildman–Crippen MR) is 94.5 cm³/mol. The van der Waals surface area contributed by atoms with E-state index in [1.165, 1.54) is 0 Å². The van der Waals surface area contributed by atoms with Crippen molar-refractivity contribution in [1.82, 2.24) is 10.7 Å². The molecule has 1 aliphatic heterocycles. The van der Waals surface area contributed by atoms with E-state index in [0.717, 1.165) is 25.0 Å². The summed E-state index contributed by atoms with van der Waals surface area (Å²) in [5.74, 6) is 1.39. The molecule has 1 aromatic rings. The summed E-state index contributed by atoms with van der Waals surface area (Å²) in [6.07, 6.45) is 4.12. The maximum Gasteiger partial charge on any atom is 0.187 e. The molecule has 0 saturated carbocycles. The Labute approximate surface area is 142 Å². The summed E-state index contributed by atoms with van der Waals surface area (Å²) in [5, 5.41) is 7.71. The lowest BCUT2D eigenvalue weighted by atomic mass is 10.2. The van der Waals surface area contributed by atoms with E-state index < -0.39 is 0 Å². The second-order valence-corrected chi connectivity index (χ2v) is 5.47. The van der Waals surface area contributed by atoms with Gasteiger partial charge >= 0.3 is 0 Å². The summed E-state index contributed by atoms with van der Waals surface area (Å²) in [6.45, 7) is 4.05. The fourth-order valence-electron chi connectivity index (χ4n) is 2.26. The minimum atomic E-state index is 0.245. The third-order valence-electron chi connectivity index (χ3n) is 3.38. The van der Waals surface area contributed by atoms with Crippen molar-refractivity contribution in [3.63, 3.8) is 0 Å². The maximum atomic E-state index is 5.53. The van der Waals surface area contributed by atoms with Gasteiger partial charge in [0, 0.05) is 13.2 Å². The van der Waals surface area contributed by atoms with Crippen LogP contribution in [0.1, 0.15) is 25.3 Å². The van der Waals surface area contributed by atoms with Crippen molar-refractivity contribution in [2.45, 2.75) is 25.9 Å². The molecule has 0 spiro atoms. The normalized spacial score (nSPS) is 17.2. The number of hydrazone groups is 1.